The van der Waals surface area contributed by atoms with Crippen LogP contribution in [0.25, 0.3) is 10.9 Å². The fraction of sp³-hybridized carbons (Fsp3) is 0.0909. The lowest BCUT2D eigenvalue weighted by molar-refractivity contribution is 0.591. The van der Waals surface area contributed by atoms with Gasteiger partial charge in [-0.25, -0.2) is 18.4 Å². The first kappa shape index (κ1) is 10.8. The zero-order valence-corrected chi connectivity index (χ0v) is 9.31. The fourth-order valence-corrected chi connectivity index (χ4v) is 2.24. The average Bonchev–Trinajstić information content (AvgIpc) is 2.28. The maximum atomic E-state index is 11.7. The predicted octanol–water partition coefficient (Wildman–Crippen LogP) is 1.59. The molecular weight excluding hydrogens is 224 g/mol. The first-order valence-corrected chi connectivity index (χ1v) is 6.34. The lowest BCUT2D eigenvalue weighted by Gasteiger charge is -2.01. The molecule has 16 heavy (non-hydrogen) atoms. The first-order valence-electron chi connectivity index (χ1n) is 4.69. The lowest BCUT2D eigenvalue weighted by atomic mass is 10.2. The van der Waals surface area contributed by atoms with Crippen LogP contribution >= 0.6 is 0 Å². The maximum Gasteiger partial charge on any atom is 0.247 e. The van der Waals surface area contributed by atoms with Crippen LogP contribution in [-0.4, -0.2) is 24.1 Å². The number of sulfone groups is 1. The molecule has 4 nitrogen and oxygen atoms in total. The van der Waals surface area contributed by atoms with E-state index >= 15 is 0 Å². The van der Waals surface area contributed by atoms with E-state index in [1.165, 1.54) is 12.3 Å². The second kappa shape index (κ2) is 4.02. The summed E-state index contributed by atoms with van der Waals surface area (Å²) in [7, 11) is -3.44. The van der Waals surface area contributed by atoms with Crippen LogP contribution in [0.3, 0.4) is 0 Å². The van der Waals surface area contributed by atoms with E-state index in [2.05, 4.69) is 16.5 Å². The van der Waals surface area contributed by atoms with Crippen molar-refractivity contribution < 1.29 is 8.42 Å². The number of hydrogen-bond acceptors (Lipinski definition) is 4. The number of para-hydroxylation sites is 1. The third-order valence-electron chi connectivity index (χ3n) is 2.08. The van der Waals surface area contributed by atoms with E-state index in [1.54, 1.807) is 12.1 Å². The Morgan fingerprint density at radius 3 is 2.81 bits per heavy atom. The fourth-order valence-electron chi connectivity index (χ4n) is 1.33. The van der Waals surface area contributed by atoms with Crippen LogP contribution in [0.15, 0.2) is 48.3 Å². The van der Waals surface area contributed by atoms with Crippen LogP contribution < -0.4 is 0 Å². The van der Waals surface area contributed by atoms with Crippen molar-refractivity contribution in [1.82, 2.24) is 9.97 Å². The van der Waals surface area contributed by atoms with Crippen LogP contribution in [0, 0.1) is 0 Å². The zero-order chi connectivity index (χ0) is 11.6. The summed E-state index contributed by atoms with van der Waals surface area (Å²) >= 11 is 0. The van der Waals surface area contributed by atoms with Gasteiger partial charge in [0.2, 0.25) is 15.0 Å². The van der Waals surface area contributed by atoms with Gasteiger partial charge in [0.25, 0.3) is 0 Å². The van der Waals surface area contributed by atoms with Gasteiger partial charge in [-0.3, -0.25) is 0 Å². The lowest BCUT2D eigenvalue weighted by Crippen LogP contribution is -2.09. The van der Waals surface area contributed by atoms with E-state index in [0.29, 0.717) is 5.52 Å². The highest BCUT2D eigenvalue weighted by atomic mass is 32.2. The Hall–Kier alpha value is -1.75. The van der Waals surface area contributed by atoms with E-state index in [-0.39, 0.29) is 10.9 Å². The number of hydrogen-bond donors (Lipinski definition) is 0. The molecule has 0 spiro atoms. The van der Waals surface area contributed by atoms with Gasteiger partial charge in [-0.1, -0.05) is 24.3 Å². The SMILES string of the molecule is C=CCS(=O)(=O)c1ncc2ccccc2n1. The van der Waals surface area contributed by atoms with E-state index in [0.717, 1.165) is 5.39 Å². The molecule has 0 saturated heterocycles. The molecule has 1 aromatic heterocycles. The second-order valence-corrected chi connectivity index (χ2v) is 5.21. The maximum absolute atomic E-state index is 11.7. The summed E-state index contributed by atoms with van der Waals surface area (Å²) in [6, 6.07) is 7.24. The van der Waals surface area contributed by atoms with Crippen molar-refractivity contribution in [2.45, 2.75) is 5.16 Å². The minimum Gasteiger partial charge on any atom is -0.226 e. The van der Waals surface area contributed by atoms with Crippen molar-refractivity contribution in [3.8, 4) is 0 Å². The van der Waals surface area contributed by atoms with Gasteiger partial charge in [0.15, 0.2) is 0 Å². The normalized spacial score (nSPS) is 11.5. The first-order chi connectivity index (χ1) is 7.63. The molecule has 0 aliphatic carbocycles. The van der Waals surface area contributed by atoms with Gasteiger partial charge in [-0.05, 0) is 6.07 Å². The third kappa shape index (κ3) is 1.94. The van der Waals surface area contributed by atoms with Crippen LogP contribution in [0.5, 0.6) is 0 Å². The molecule has 0 atom stereocenters. The molecule has 0 saturated carbocycles. The van der Waals surface area contributed by atoms with Crippen LogP contribution in [-0.2, 0) is 9.84 Å². The Morgan fingerprint density at radius 2 is 2.06 bits per heavy atom. The van der Waals surface area contributed by atoms with Crippen LogP contribution in [0.2, 0.25) is 0 Å². The Bertz CT molecular complexity index is 635. The predicted molar refractivity (Wildman–Crippen MR) is 61.8 cm³/mol. The quantitative estimate of drug-likeness (QED) is 0.597. The summed E-state index contributed by atoms with van der Waals surface area (Å²) in [6.07, 6.45) is 2.84. The molecule has 1 aromatic carbocycles. The summed E-state index contributed by atoms with van der Waals surface area (Å²) in [4.78, 5) is 7.87. The highest BCUT2D eigenvalue weighted by molar-refractivity contribution is 7.91. The molecule has 2 aromatic rings. The van der Waals surface area contributed by atoms with Gasteiger partial charge >= 0.3 is 0 Å². The molecule has 0 aliphatic rings. The Labute approximate surface area is 93.6 Å². The minimum atomic E-state index is -3.44. The molecule has 82 valence electrons. The summed E-state index contributed by atoms with van der Waals surface area (Å²) < 4.78 is 23.4. The zero-order valence-electron chi connectivity index (χ0n) is 8.50. The van der Waals surface area contributed by atoms with E-state index in [4.69, 9.17) is 0 Å². The third-order valence-corrected chi connectivity index (χ3v) is 3.51. The molecule has 0 radical (unpaired) electrons. The molecule has 5 heteroatoms. The Morgan fingerprint density at radius 1 is 1.31 bits per heavy atom. The van der Waals surface area contributed by atoms with Crippen LogP contribution in [0.4, 0.5) is 0 Å². The smallest absolute Gasteiger partial charge is 0.226 e. The van der Waals surface area contributed by atoms with Crippen LogP contribution in [0.1, 0.15) is 0 Å². The van der Waals surface area contributed by atoms with Gasteiger partial charge in [0, 0.05) is 11.6 Å². The minimum absolute atomic E-state index is 0.147. The van der Waals surface area contributed by atoms with Gasteiger partial charge in [-0.2, -0.15) is 0 Å². The molecular formula is C11H10N2O2S. The Kier molecular flexibility index (Phi) is 2.70. The molecule has 0 fully saturated rings. The summed E-state index contributed by atoms with van der Waals surface area (Å²) in [5, 5.41) is 0.672. The molecule has 0 unspecified atom stereocenters. The largest absolute Gasteiger partial charge is 0.247 e. The van der Waals surface area contributed by atoms with Gasteiger partial charge in [0.05, 0.1) is 11.3 Å². The number of aromatic nitrogens is 2. The van der Waals surface area contributed by atoms with Crippen molar-refractivity contribution in [3.63, 3.8) is 0 Å². The van der Waals surface area contributed by atoms with Gasteiger partial charge < -0.3 is 0 Å². The van der Waals surface area contributed by atoms with Crippen molar-refractivity contribution >= 4 is 20.7 Å². The van der Waals surface area contributed by atoms with E-state index in [1.807, 2.05) is 12.1 Å². The topological polar surface area (TPSA) is 59.9 Å². The van der Waals surface area contributed by atoms with Crippen molar-refractivity contribution in [3.05, 3.63) is 43.1 Å². The summed E-state index contributed by atoms with van der Waals surface area (Å²) in [5.41, 5.74) is 0.625. The number of nitrogens with zero attached hydrogens (tertiary/aromatic N) is 2. The van der Waals surface area contributed by atoms with Crippen molar-refractivity contribution in [2.24, 2.45) is 0 Å². The van der Waals surface area contributed by atoms with Gasteiger partial charge in [0.1, 0.15) is 0 Å². The van der Waals surface area contributed by atoms with Crippen molar-refractivity contribution in [1.29, 1.82) is 0 Å². The standard InChI is InChI=1S/C11H10N2O2S/c1-2-7-16(14,15)11-12-8-9-5-3-4-6-10(9)13-11/h2-6,8H,1,7H2. The number of benzene rings is 1. The summed E-state index contributed by atoms with van der Waals surface area (Å²) in [5.74, 6) is -0.147. The monoisotopic (exact) mass is 234 g/mol. The Balaban J connectivity index is 2.59. The average molecular weight is 234 g/mol. The van der Waals surface area contributed by atoms with E-state index < -0.39 is 9.84 Å². The molecule has 0 aliphatic heterocycles. The number of fused-ring (bicyclic) bond motifs is 1. The van der Waals surface area contributed by atoms with Crippen molar-refractivity contribution in [2.75, 3.05) is 5.75 Å². The summed E-state index contributed by atoms with van der Waals surface area (Å²) in [6.45, 7) is 3.40. The molecule has 0 N–H and O–H groups in total. The molecule has 0 amide bonds. The highest BCUT2D eigenvalue weighted by Gasteiger charge is 2.16. The second-order valence-electron chi connectivity index (χ2n) is 3.28. The number of rotatable bonds is 3. The molecule has 2 rings (SSSR count). The highest BCUT2D eigenvalue weighted by Crippen LogP contribution is 2.12. The molecule has 0 bridgehead atoms. The molecule has 1 heterocycles. The van der Waals surface area contributed by atoms with E-state index in [9.17, 15) is 8.42 Å². The van der Waals surface area contributed by atoms with Gasteiger partial charge in [-0.15, -0.1) is 6.58 Å².